The fraction of sp³-hybridized carbons (Fsp3) is 0.235. The lowest BCUT2D eigenvalue weighted by molar-refractivity contribution is 0.252. The van der Waals surface area contributed by atoms with Crippen molar-refractivity contribution >= 4 is 22.8 Å². The Morgan fingerprint density at radius 3 is 2.92 bits per heavy atom. The second-order valence-electron chi connectivity index (χ2n) is 5.67. The topological polar surface area (TPSA) is 121 Å². The summed E-state index contributed by atoms with van der Waals surface area (Å²) in [5.41, 5.74) is 11.0. The Kier molecular flexibility index (Phi) is 5.31. The van der Waals surface area contributed by atoms with E-state index in [4.69, 9.17) is 5.53 Å². The van der Waals surface area contributed by atoms with E-state index in [2.05, 4.69) is 30.7 Å². The van der Waals surface area contributed by atoms with Gasteiger partial charge < -0.3 is 5.32 Å². The standard InChI is InChI=1S/C17H18N8O/c1-25-16-13(10-21-25)9-15(22-14(16)11-20-24-18)23-17(26)19-8-7-12-5-3-2-4-6-12/h2-6,9-10H,7-8,11H2,1H3,(H2,19,22,23,26). The van der Waals surface area contributed by atoms with Crippen molar-refractivity contribution in [3.8, 4) is 0 Å². The van der Waals surface area contributed by atoms with Gasteiger partial charge in [0, 0.05) is 23.9 Å². The summed E-state index contributed by atoms with van der Waals surface area (Å²) >= 11 is 0. The number of aryl methyl sites for hydroxylation is 1. The van der Waals surface area contributed by atoms with E-state index >= 15 is 0 Å². The van der Waals surface area contributed by atoms with Crippen LogP contribution in [0.5, 0.6) is 0 Å². The first-order valence-corrected chi connectivity index (χ1v) is 8.08. The minimum Gasteiger partial charge on any atom is -0.337 e. The highest BCUT2D eigenvalue weighted by Gasteiger charge is 2.11. The van der Waals surface area contributed by atoms with Gasteiger partial charge in [-0.3, -0.25) is 10.00 Å². The molecule has 2 N–H and O–H groups in total. The van der Waals surface area contributed by atoms with Crippen molar-refractivity contribution in [1.82, 2.24) is 20.1 Å². The predicted molar refractivity (Wildman–Crippen MR) is 98.5 cm³/mol. The van der Waals surface area contributed by atoms with Crippen molar-refractivity contribution in [2.75, 3.05) is 11.9 Å². The van der Waals surface area contributed by atoms with E-state index in [1.165, 1.54) is 0 Å². The Labute approximate surface area is 149 Å². The fourth-order valence-corrected chi connectivity index (χ4v) is 2.69. The van der Waals surface area contributed by atoms with Gasteiger partial charge in [0.15, 0.2) is 0 Å². The molecule has 9 nitrogen and oxygen atoms in total. The number of hydrogen-bond acceptors (Lipinski definition) is 4. The summed E-state index contributed by atoms with van der Waals surface area (Å²) in [6, 6.07) is 11.3. The quantitative estimate of drug-likeness (QED) is 0.403. The van der Waals surface area contributed by atoms with Crippen LogP contribution in [0.1, 0.15) is 11.3 Å². The average Bonchev–Trinajstić information content (AvgIpc) is 3.01. The van der Waals surface area contributed by atoms with Crippen molar-refractivity contribution in [1.29, 1.82) is 0 Å². The van der Waals surface area contributed by atoms with Gasteiger partial charge in [0.05, 0.1) is 24.0 Å². The zero-order chi connectivity index (χ0) is 18.4. The second kappa shape index (κ2) is 8.00. The molecule has 0 aliphatic heterocycles. The molecule has 2 aromatic heterocycles. The number of azide groups is 1. The number of benzene rings is 1. The van der Waals surface area contributed by atoms with E-state index in [1.54, 1.807) is 24.0 Å². The van der Waals surface area contributed by atoms with Gasteiger partial charge in [-0.15, -0.1) is 0 Å². The van der Waals surface area contributed by atoms with E-state index in [9.17, 15) is 4.79 Å². The van der Waals surface area contributed by atoms with E-state index in [-0.39, 0.29) is 12.6 Å². The molecule has 9 heteroatoms. The maximum Gasteiger partial charge on any atom is 0.320 e. The average molecular weight is 350 g/mol. The molecule has 1 aromatic carbocycles. The van der Waals surface area contributed by atoms with E-state index in [1.807, 2.05) is 30.3 Å². The maximum atomic E-state index is 12.1. The van der Waals surface area contributed by atoms with Gasteiger partial charge in [-0.05, 0) is 23.6 Å². The highest BCUT2D eigenvalue weighted by atomic mass is 16.2. The minimum atomic E-state index is -0.341. The van der Waals surface area contributed by atoms with Gasteiger partial charge in [-0.1, -0.05) is 35.4 Å². The number of nitrogens with zero attached hydrogens (tertiary/aromatic N) is 6. The third-order valence-corrected chi connectivity index (χ3v) is 3.86. The van der Waals surface area contributed by atoms with Gasteiger partial charge in [0.25, 0.3) is 0 Å². The molecule has 2 heterocycles. The van der Waals surface area contributed by atoms with Crippen LogP contribution in [0.2, 0.25) is 0 Å². The number of anilines is 1. The molecule has 26 heavy (non-hydrogen) atoms. The van der Waals surface area contributed by atoms with Crippen LogP contribution in [0, 0.1) is 0 Å². The zero-order valence-corrected chi connectivity index (χ0v) is 14.3. The molecule has 0 radical (unpaired) electrons. The highest BCUT2D eigenvalue weighted by Crippen LogP contribution is 2.21. The SMILES string of the molecule is Cn1ncc2cc(NC(=O)NCCc3ccccc3)nc(CN=[N+]=[N-])c21. The van der Waals surface area contributed by atoms with Gasteiger partial charge in [0.1, 0.15) is 5.82 Å². The van der Waals surface area contributed by atoms with Gasteiger partial charge in [-0.2, -0.15) is 5.10 Å². The summed E-state index contributed by atoms with van der Waals surface area (Å²) in [6.07, 6.45) is 2.42. The summed E-state index contributed by atoms with van der Waals surface area (Å²) in [5, 5.41) is 14.1. The molecule has 132 valence electrons. The number of carbonyl (C=O) groups is 1. The molecule has 0 aliphatic carbocycles. The van der Waals surface area contributed by atoms with Gasteiger partial charge >= 0.3 is 6.03 Å². The zero-order valence-electron chi connectivity index (χ0n) is 14.3. The Morgan fingerprint density at radius 1 is 1.35 bits per heavy atom. The smallest absolute Gasteiger partial charge is 0.320 e. The Morgan fingerprint density at radius 2 is 2.15 bits per heavy atom. The molecule has 0 aliphatic rings. The van der Waals surface area contributed by atoms with Crippen molar-refractivity contribution in [2.45, 2.75) is 13.0 Å². The Balaban J connectivity index is 1.67. The third-order valence-electron chi connectivity index (χ3n) is 3.86. The van der Waals surface area contributed by atoms with Crippen LogP contribution in [-0.2, 0) is 20.0 Å². The van der Waals surface area contributed by atoms with Gasteiger partial charge in [-0.25, -0.2) is 9.78 Å². The molecular weight excluding hydrogens is 332 g/mol. The molecular formula is C17H18N8O. The molecule has 3 rings (SSSR count). The van der Waals surface area contributed by atoms with E-state index in [0.29, 0.717) is 18.1 Å². The molecule has 0 atom stereocenters. The first-order chi connectivity index (χ1) is 12.7. The molecule has 0 saturated heterocycles. The lowest BCUT2D eigenvalue weighted by Crippen LogP contribution is -2.30. The number of amides is 2. The lowest BCUT2D eigenvalue weighted by Gasteiger charge is -2.09. The molecule has 2 amide bonds. The second-order valence-corrected chi connectivity index (χ2v) is 5.67. The largest absolute Gasteiger partial charge is 0.337 e. The van der Waals surface area contributed by atoms with Crippen LogP contribution in [0.15, 0.2) is 47.7 Å². The molecule has 3 aromatic rings. The predicted octanol–water partition coefficient (Wildman–Crippen LogP) is 3.14. The van der Waals surface area contributed by atoms with Crippen molar-refractivity contribution in [2.24, 2.45) is 12.2 Å². The monoisotopic (exact) mass is 350 g/mol. The van der Waals surface area contributed by atoms with Crippen molar-refractivity contribution in [3.63, 3.8) is 0 Å². The number of fused-ring (bicyclic) bond motifs is 1. The van der Waals surface area contributed by atoms with Crippen LogP contribution in [-0.4, -0.2) is 27.3 Å². The fourth-order valence-electron chi connectivity index (χ4n) is 2.69. The van der Waals surface area contributed by atoms with Crippen molar-refractivity contribution in [3.05, 3.63) is 64.3 Å². The molecule has 0 fully saturated rings. The normalized spacial score (nSPS) is 10.3. The van der Waals surface area contributed by atoms with E-state index < -0.39 is 0 Å². The number of pyridine rings is 1. The summed E-state index contributed by atoms with van der Waals surface area (Å²) in [7, 11) is 1.78. The number of urea groups is 1. The highest BCUT2D eigenvalue weighted by molar-refractivity contribution is 5.91. The van der Waals surface area contributed by atoms with Crippen LogP contribution in [0.3, 0.4) is 0 Å². The molecule has 0 bridgehead atoms. The maximum absolute atomic E-state index is 12.1. The van der Waals surface area contributed by atoms with Gasteiger partial charge in [0.2, 0.25) is 0 Å². The number of hydrogen-bond donors (Lipinski definition) is 2. The molecule has 0 saturated carbocycles. The summed E-state index contributed by atoms with van der Waals surface area (Å²) in [5.74, 6) is 0.380. The lowest BCUT2D eigenvalue weighted by atomic mass is 10.1. The van der Waals surface area contributed by atoms with Crippen LogP contribution >= 0.6 is 0 Å². The van der Waals surface area contributed by atoms with Crippen molar-refractivity contribution < 1.29 is 4.79 Å². The number of nitrogens with one attached hydrogen (secondary N) is 2. The number of rotatable bonds is 6. The Bertz CT molecular complexity index is 960. The number of aromatic nitrogens is 3. The summed E-state index contributed by atoms with van der Waals surface area (Å²) < 4.78 is 1.66. The first kappa shape index (κ1) is 17.2. The van der Waals surface area contributed by atoms with Crippen LogP contribution in [0.4, 0.5) is 10.6 Å². The summed E-state index contributed by atoms with van der Waals surface area (Å²) in [6.45, 7) is 0.592. The molecule has 0 unspecified atom stereocenters. The summed E-state index contributed by atoms with van der Waals surface area (Å²) in [4.78, 5) is 19.3. The third kappa shape index (κ3) is 4.08. The first-order valence-electron chi connectivity index (χ1n) is 8.08. The molecule has 0 spiro atoms. The Hall–Kier alpha value is -3.58. The van der Waals surface area contributed by atoms with Crippen LogP contribution in [0.25, 0.3) is 21.3 Å². The van der Waals surface area contributed by atoms with Crippen LogP contribution < -0.4 is 10.6 Å². The minimum absolute atomic E-state index is 0.0810. The van der Waals surface area contributed by atoms with E-state index in [0.717, 1.165) is 22.9 Å². The number of carbonyl (C=O) groups excluding carboxylic acids is 1.